The van der Waals surface area contributed by atoms with Gasteiger partial charge >= 0.3 is 0 Å². The zero-order valence-corrected chi connectivity index (χ0v) is 15.4. The second-order valence-corrected chi connectivity index (χ2v) is 8.37. The summed E-state index contributed by atoms with van der Waals surface area (Å²) in [6.45, 7) is 1.98. The van der Waals surface area contributed by atoms with E-state index in [1.165, 1.54) is 14.8 Å². The molecule has 124 valence electrons. The van der Waals surface area contributed by atoms with Crippen molar-refractivity contribution in [2.45, 2.75) is 6.92 Å². The molecule has 0 amide bonds. The summed E-state index contributed by atoms with van der Waals surface area (Å²) in [6, 6.07) is 18.8. The highest BCUT2D eigenvalue weighted by atomic mass is 32.1. The van der Waals surface area contributed by atoms with E-state index in [0.29, 0.717) is 5.71 Å². The zero-order chi connectivity index (χ0) is 17.3. The van der Waals surface area contributed by atoms with Gasteiger partial charge in [0.05, 0.1) is 10.3 Å². The molecular weight excluding hydrogens is 360 g/mol. The molecule has 4 aromatic heterocycles. The number of fused-ring (bicyclic) bond motifs is 6. The monoisotopic (exact) mass is 372 g/mol. The summed E-state index contributed by atoms with van der Waals surface area (Å²) in [5.41, 5.74) is 3.55. The number of para-hydroxylation sites is 1. The number of rotatable bonds is 1. The molecule has 0 aliphatic rings. The van der Waals surface area contributed by atoms with Crippen LogP contribution in [0.25, 0.3) is 52.3 Å². The fourth-order valence-electron chi connectivity index (χ4n) is 3.45. The van der Waals surface area contributed by atoms with Crippen molar-refractivity contribution in [3.05, 3.63) is 60.3 Å². The second kappa shape index (κ2) is 5.13. The van der Waals surface area contributed by atoms with E-state index in [1.54, 1.807) is 22.7 Å². The highest BCUT2D eigenvalue weighted by molar-refractivity contribution is 7.33. The normalized spacial score (nSPS) is 12.0. The van der Waals surface area contributed by atoms with Gasteiger partial charge in [0, 0.05) is 26.6 Å². The molecule has 0 saturated carbocycles. The van der Waals surface area contributed by atoms with Gasteiger partial charge in [-0.05, 0) is 31.2 Å². The smallest absolute Gasteiger partial charge is 0.227 e. The van der Waals surface area contributed by atoms with Gasteiger partial charge in [-0.15, -0.1) is 22.7 Å². The van der Waals surface area contributed by atoms with Gasteiger partial charge < -0.3 is 4.42 Å². The number of pyridine rings is 1. The molecule has 0 N–H and O–H groups in total. The van der Waals surface area contributed by atoms with Crippen LogP contribution in [0.2, 0.25) is 0 Å². The first-order chi connectivity index (χ1) is 12.8. The molecule has 26 heavy (non-hydrogen) atoms. The van der Waals surface area contributed by atoms with Crippen LogP contribution in [0.5, 0.6) is 0 Å². The zero-order valence-electron chi connectivity index (χ0n) is 13.8. The van der Waals surface area contributed by atoms with Crippen LogP contribution in [0.1, 0.15) is 5.69 Å². The van der Waals surface area contributed by atoms with E-state index in [0.717, 1.165) is 37.5 Å². The van der Waals surface area contributed by atoms with E-state index in [2.05, 4.69) is 53.5 Å². The largest absolute Gasteiger partial charge is 0.437 e. The lowest BCUT2D eigenvalue weighted by Gasteiger charge is -1.97. The lowest BCUT2D eigenvalue weighted by atomic mass is 10.1. The van der Waals surface area contributed by atoms with E-state index in [-0.39, 0.29) is 0 Å². The molecule has 0 saturated heterocycles. The van der Waals surface area contributed by atoms with Gasteiger partial charge in [0.2, 0.25) is 5.71 Å². The quantitative estimate of drug-likeness (QED) is 0.319. The summed E-state index contributed by atoms with van der Waals surface area (Å²) < 4.78 is 8.68. The average molecular weight is 372 g/mol. The van der Waals surface area contributed by atoms with Gasteiger partial charge in [-0.2, -0.15) is 0 Å². The number of benzene rings is 2. The van der Waals surface area contributed by atoms with Gasteiger partial charge in [0.1, 0.15) is 15.4 Å². The predicted octanol–water partition coefficient (Wildman–Crippen LogP) is 6.78. The summed E-state index contributed by atoms with van der Waals surface area (Å²) in [5, 5.41) is 4.42. The lowest BCUT2D eigenvalue weighted by molar-refractivity contribution is 0.653. The second-order valence-electron chi connectivity index (χ2n) is 6.34. The molecule has 0 bridgehead atoms. The third-order valence-electron chi connectivity index (χ3n) is 4.67. The minimum absolute atomic E-state index is 0.691. The van der Waals surface area contributed by atoms with Crippen LogP contribution in [0.3, 0.4) is 0 Å². The van der Waals surface area contributed by atoms with E-state index >= 15 is 0 Å². The highest BCUT2D eigenvalue weighted by Gasteiger charge is 2.17. The Bertz CT molecular complexity index is 1460. The van der Waals surface area contributed by atoms with Crippen LogP contribution in [-0.4, -0.2) is 9.97 Å². The Morgan fingerprint density at radius 1 is 0.808 bits per heavy atom. The Hall–Kier alpha value is -2.76. The average Bonchev–Trinajstić information content (AvgIpc) is 3.30. The van der Waals surface area contributed by atoms with Gasteiger partial charge in [-0.25, -0.2) is 9.97 Å². The molecule has 3 nitrogen and oxygen atoms in total. The first-order valence-corrected chi connectivity index (χ1v) is 9.98. The van der Waals surface area contributed by atoms with Crippen LogP contribution in [0.15, 0.2) is 59.0 Å². The number of hydrogen-bond donors (Lipinski definition) is 0. The fraction of sp³-hybridized carbons (Fsp3) is 0.0476. The number of aryl methyl sites for hydroxylation is 1. The number of nitrogens with zero attached hydrogens (tertiary/aromatic N) is 2. The number of thiazole rings is 1. The molecule has 0 unspecified atom stereocenters. The number of aromatic nitrogens is 2. The molecule has 0 atom stereocenters. The Morgan fingerprint density at radius 3 is 2.65 bits per heavy atom. The Morgan fingerprint density at radius 2 is 1.69 bits per heavy atom. The van der Waals surface area contributed by atoms with Crippen LogP contribution >= 0.6 is 22.7 Å². The van der Waals surface area contributed by atoms with Crippen LogP contribution in [0.4, 0.5) is 0 Å². The maximum Gasteiger partial charge on any atom is 0.227 e. The standard InChI is InChI=1S/C21H12N2OS2/c1-11-9-10-13-12-6-4-7-15(17(12)24-19(13)22-11)20-23-21-18(26-20)14-5-2-3-8-16(14)25-21/h2-10H,1H3. The number of furan rings is 1. The molecule has 0 radical (unpaired) electrons. The molecule has 5 heteroatoms. The van der Waals surface area contributed by atoms with Crippen molar-refractivity contribution in [1.29, 1.82) is 0 Å². The highest BCUT2D eigenvalue weighted by Crippen LogP contribution is 2.43. The van der Waals surface area contributed by atoms with Gasteiger partial charge in [-0.1, -0.05) is 30.3 Å². The van der Waals surface area contributed by atoms with E-state index in [9.17, 15) is 0 Å². The van der Waals surface area contributed by atoms with Gasteiger partial charge in [-0.3, -0.25) is 0 Å². The third kappa shape index (κ3) is 1.92. The number of thiophene rings is 1. The SMILES string of the molecule is Cc1ccc2c(n1)oc1c(-c3nc4sc5ccccc5c4s3)cccc12. The maximum absolute atomic E-state index is 6.14. The summed E-state index contributed by atoms with van der Waals surface area (Å²) in [7, 11) is 0. The topological polar surface area (TPSA) is 38.9 Å². The van der Waals surface area contributed by atoms with Crippen LogP contribution in [-0.2, 0) is 0 Å². The summed E-state index contributed by atoms with van der Waals surface area (Å²) in [4.78, 5) is 10.5. The molecule has 0 fully saturated rings. The first kappa shape index (κ1) is 14.4. The Balaban J connectivity index is 1.66. The van der Waals surface area contributed by atoms with E-state index in [1.807, 2.05) is 13.0 Å². The molecule has 6 rings (SSSR count). The molecule has 6 aromatic rings. The molecule has 4 heterocycles. The van der Waals surface area contributed by atoms with Gasteiger partial charge in [0.15, 0.2) is 0 Å². The minimum Gasteiger partial charge on any atom is -0.437 e. The van der Waals surface area contributed by atoms with Gasteiger partial charge in [0.25, 0.3) is 0 Å². The molecule has 0 spiro atoms. The van der Waals surface area contributed by atoms with Crippen molar-refractivity contribution in [1.82, 2.24) is 9.97 Å². The molecule has 0 aliphatic heterocycles. The number of hydrogen-bond acceptors (Lipinski definition) is 5. The van der Waals surface area contributed by atoms with E-state index in [4.69, 9.17) is 9.40 Å². The van der Waals surface area contributed by atoms with Crippen molar-refractivity contribution < 1.29 is 4.42 Å². The lowest BCUT2D eigenvalue weighted by Crippen LogP contribution is -1.77. The first-order valence-electron chi connectivity index (χ1n) is 8.35. The van der Waals surface area contributed by atoms with Crippen molar-refractivity contribution in [2.75, 3.05) is 0 Å². The Labute approximate surface area is 156 Å². The van der Waals surface area contributed by atoms with Crippen LogP contribution in [0, 0.1) is 6.92 Å². The Kier molecular flexibility index (Phi) is 2.84. The predicted molar refractivity (Wildman–Crippen MR) is 110 cm³/mol. The molecular formula is C21H12N2OS2. The van der Waals surface area contributed by atoms with E-state index < -0.39 is 0 Å². The minimum atomic E-state index is 0.691. The van der Waals surface area contributed by atoms with Crippen molar-refractivity contribution in [3.8, 4) is 10.6 Å². The summed E-state index contributed by atoms with van der Waals surface area (Å²) in [5.74, 6) is 0. The summed E-state index contributed by atoms with van der Waals surface area (Å²) >= 11 is 3.48. The summed E-state index contributed by atoms with van der Waals surface area (Å²) in [6.07, 6.45) is 0. The third-order valence-corrected chi connectivity index (χ3v) is 6.98. The fourth-order valence-corrected chi connectivity index (χ4v) is 5.82. The molecule has 0 aliphatic carbocycles. The molecule has 2 aromatic carbocycles. The van der Waals surface area contributed by atoms with Crippen LogP contribution < -0.4 is 0 Å². The maximum atomic E-state index is 6.14. The van der Waals surface area contributed by atoms with Crippen molar-refractivity contribution >= 4 is 64.4 Å². The van der Waals surface area contributed by atoms with Crippen molar-refractivity contribution in [2.24, 2.45) is 0 Å². The van der Waals surface area contributed by atoms with Crippen molar-refractivity contribution in [3.63, 3.8) is 0 Å².